The van der Waals surface area contributed by atoms with Gasteiger partial charge in [0.2, 0.25) is 0 Å². The Bertz CT molecular complexity index is 987. The van der Waals surface area contributed by atoms with E-state index in [-0.39, 0.29) is 11.3 Å². The molecule has 7 heteroatoms. The maximum Gasteiger partial charge on any atom is 0.295 e. The van der Waals surface area contributed by atoms with Crippen LogP contribution in [0.3, 0.4) is 0 Å². The Kier molecular flexibility index (Phi) is 6.77. The Morgan fingerprint density at radius 3 is 2.50 bits per heavy atom. The van der Waals surface area contributed by atoms with E-state index in [0.29, 0.717) is 41.5 Å². The van der Waals surface area contributed by atoms with Gasteiger partial charge in [-0.3, -0.25) is 9.59 Å². The monoisotopic (exact) mass is 431 g/mol. The second kappa shape index (κ2) is 9.30. The summed E-state index contributed by atoms with van der Waals surface area (Å²) in [5.74, 6) is -1.84. The van der Waals surface area contributed by atoms with Crippen molar-refractivity contribution in [1.29, 1.82) is 0 Å². The van der Waals surface area contributed by atoms with Crippen molar-refractivity contribution in [2.75, 3.05) is 13.2 Å². The molecule has 0 aliphatic carbocycles. The molecule has 2 aromatic carbocycles. The molecule has 0 spiro atoms. The fourth-order valence-electron chi connectivity index (χ4n) is 3.50. The van der Waals surface area contributed by atoms with Gasteiger partial charge in [0.15, 0.2) is 0 Å². The molecule has 0 radical (unpaired) electrons. The van der Waals surface area contributed by atoms with Crippen molar-refractivity contribution in [1.82, 2.24) is 4.90 Å². The average Bonchev–Trinajstić information content (AvgIpc) is 2.98. The van der Waals surface area contributed by atoms with Crippen molar-refractivity contribution in [3.63, 3.8) is 0 Å². The summed E-state index contributed by atoms with van der Waals surface area (Å²) in [7, 11) is 0. The predicted octanol–water partition coefficient (Wildman–Crippen LogP) is 5.10. The van der Waals surface area contributed by atoms with Crippen LogP contribution in [0.1, 0.15) is 43.9 Å². The summed E-state index contributed by atoms with van der Waals surface area (Å²) in [5, 5.41) is 11.4. The molecule has 5 nitrogen and oxygen atoms in total. The first-order valence-corrected chi connectivity index (χ1v) is 10.2. The summed E-state index contributed by atoms with van der Waals surface area (Å²) in [6, 6.07) is 9.42. The lowest BCUT2D eigenvalue weighted by molar-refractivity contribution is -0.139. The van der Waals surface area contributed by atoms with Crippen LogP contribution >= 0.6 is 11.6 Å². The number of ketones is 1. The minimum atomic E-state index is -0.802. The number of Topliss-reactive ketones (excluding diaryl/α,β-unsaturated/α-hetero) is 1. The van der Waals surface area contributed by atoms with Crippen LogP contribution in [0.5, 0.6) is 5.75 Å². The van der Waals surface area contributed by atoms with E-state index >= 15 is 0 Å². The van der Waals surface area contributed by atoms with E-state index in [1.54, 1.807) is 19.1 Å². The van der Waals surface area contributed by atoms with E-state index in [2.05, 4.69) is 0 Å². The summed E-state index contributed by atoms with van der Waals surface area (Å²) in [6.45, 7) is 4.51. The summed E-state index contributed by atoms with van der Waals surface area (Å²) in [6.07, 6.45) is 1.52. The molecule has 3 rings (SSSR count). The van der Waals surface area contributed by atoms with Crippen molar-refractivity contribution in [2.24, 2.45) is 0 Å². The first kappa shape index (κ1) is 21.8. The van der Waals surface area contributed by atoms with Crippen LogP contribution in [0, 0.1) is 5.82 Å². The van der Waals surface area contributed by atoms with Gasteiger partial charge in [-0.2, -0.15) is 0 Å². The first-order valence-electron chi connectivity index (χ1n) is 9.85. The van der Waals surface area contributed by atoms with E-state index in [1.807, 2.05) is 6.92 Å². The van der Waals surface area contributed by atoms with Gasteiger partial charge in [-0.05, 0) is 49.2 Å². The fourth-order valence-corrected chi connectivity index (χ4v) is 3.68. The van der Waals surface area contributed by atoms with Crippen LogP contribution in [0.4, 0.5) is 4.39 Å². The zero-order chi connectivity index (χ0) is 21.8. The average molecular weight is 432 g/mol. The van der Waals surface area contributed by atoms with Crippen molar-refractivity contribution in [3.8, 4) is 5.75 Å². The number of amides is 1. The molecule has 1 aliphatic rings. The number of hydrogen-bond donors (Lipinski definition) is 1. The third-order valence-corrected chi connectivity index (χ3v) is 5.30. The van der Waals surface area contributed by atoms with Crippen molar-refractivity contribution < 1.29 is 23.8 Å². The van der Waals surface area contributed by atoms with Crippen molar-refractivity contribution in [3.05, 3.63) is 70.0 Å². The highest BCUT2D eigenvalue weighted by Gasteiger charge is 2.45. The summed E-state index contributed by atoms with van der Waals surface area (Å²) >= 11 is 6.12. The van der Waals surface area contributed by atoms with Gasteiger partial charge in [0.1, 0.15) is 17.3 Å². The number of rotatable bonds is 7. The van der Waals surface area contributed by atoms with Gasteiger partial charge in [-0.15, -0.1) is 0 Å². The maximum absolute atomic E-state index is 13.5. The quantitative estimate of drug-likeness (QED) is 0.376. The Morgan fingerprint density at radius 1 is 1.17 bits per heavy atom. The van der Waals surface area contributed by atoms with Gasteiger partial charge in [-0.1, -0.05) is 37.1 Å². The Labute approximate surface area is 179 Å². The van der Waals surface area contributed by atoms with Gasteiger partial charge in [-0.25, -0.2) is 4.39 Å². The molecule has 1 aliphatic heterocycles. The van der Waals surface area contributed by atoms with Crippen molar-refractivity contribution >= 4 is 29.1 Å². The van der Waals surface area contributed by atoms with E-state index in [9.17, 15) is 19.1 Å². The second-order valence-corrected chi connectivity index (χ2v) is 7.38. The van der Waals surface area contributed by atoms with Crippen LogP contribution in [0.2, 0.25) is 5.02 Å². The van der Waals surface area contributed by atoms with Crippen LogP contribution in [-0.2, 0) is 9.59 Å². The molecule has 1 N–H and O–H groups in total. The van der Waals surface area contributed by atoms with Crippen LogP contribution in [0.15, 0.2) is 48.0 Å². The Balaban J connectivity index is 2.15. The van der Waals surface area contributed by atoms with E-state index in [4.69, 9.17) is 16.3 Å². The standard InChI is InChI=1S/C23H23ClFNO4/c1-3-5-12-26-20(14-6-9-16(25)10-7-14)19(22(28)23(26)29)21(27)15-8-11-17(24)18(13-15)30-4-2/h6-11,13,20,27H,3-5,12H2,1-2H3/b21-19-. The molecule has 30 heavy (non-hydrogen) atoms. The lowest BCUT2D eigenvalue weighted by Gasteiger charge is -2.25. The molecule has 0 bridgehead atoms. The predicted molar refractivity (Wildman–Crippen MR) is 113 cm³/mol. The zero-order valence-electron chi connectivity index (χ0n) is 16.8. The molecule has 0 saturated carbocycles. The third-order valence-electron chi connectivity index (χ3n) is 4.98. The SMILES string of the molecule is CCCCN1C(=O)C(=O)/C(=C(\O)c2ccc(Cl)c(OCC)c2)C1c1ccc(F)cc1. The highest BCUT2D eigenvalue weighted by molar-refractivity contribution is 6.46. The van der Waals surface area contributed by atoms with Gasteiger partial charge in [0, 0.05) is 12.1 Å². The molecule has 1 fully saturated rings. The van der Waals surface area contributed by atoms with Gasteiger partial charge in [0.25, 0.3) is 11.7 Å². The van der Waals surface area contributed by atoms with E-state index in [0.717, 1.165) is 6.42 Å². The van der Waals surface area contributed by atoms with E-state index in [1.165, 1.54) is 35.2 Å². The summed E-state index contributed by atoms with van der Waals surface area (Å²) < 4.78 is 18.9. The minimum absolute atomic E-state index is 0.0347. The molecule has 2 aromatic rings. The highest BCUT2D eigenvalue weighted by Crippen LogP contribution is 2.40. The number of ether oxygens (including phenoxy) is 1. The minimum Gasteiger partial charge on any atom is -0.507 e. The number of carbonyl (C=O) groups is 2. The van der Waals surface area contributed by atoms with Gasteiger partial charge < -0.3 is 14.7 Å². The molecule has 158 valence electrons. The number of nitrogens with zero attached hydrogens (tertiary/aromatic N) is 1. The largest absolute Gasteiger partial charge is 0.507 e. The third kappa shape index (κ3) is 4.19. The summed E-state index contributed by atoms with van der Waals surface area (Å²) in [5.41, 5.74) is 0.822. The van der Waals surface area contributed by atoms with Crippen molar-refractivity contribution in [2.45, 2.75) is 32.7 Å². The van der Waals surface area contributed by atoms with Crippen LogP contribution in [-0.4, -0.2) is 34.8 Å². The lowest BCUT2D eigenvalue weighted by Crippen LogP contribution is -2.30. The second-order valence-electron chi connectivity index (χ2n) is 6.98. The number of carbonyl (C=O) groups excluding carboxylic acids is 2. The number of aliphatic hydroxyl groups excluding tert-OH is 1. The van der Waals surface area contributed by atoms with Crippen LogP contribution < -0.4 is 4.74 Å². The molecule has 1 atom stereocenters. The lowest BCUT2D eigenvalue weighted by atomic mass is 9.95. The first-order chi connectivity index (χ1) is 14.4. The number of likely N-dealkylation sites (tertiary alicyclic amines) is 1. The number of aliphatic hydroxyl groups is 1. The van der Waals surface area contributed by atoms with Gasteiger partial charge >= 0.3 is 0 Å². The molecular weight excluding hydrogens is 409 g/mol. The smallest absolute Gasteiger partial charge is 0.295 e. The zero-order valence-corrected chi connectivity index (χ0v) is 17.6. The summed E-state index contributed by atoms with van der Waals surface area (Å²) in [4.78, 5) is 27.1. The fraction of sp³-hybridized carbons (Fsp3) is 0.304. The molecule has 1 heterocycles. The Morgan fingerprint density at radius 2 is 1.87 bits per heavy atom. The Hall–Kier alpha value is -2.86. The number of halogens is 2. The number of benzene rings is 2. The van der Waals surface area contributed by atoms with Gasteiger partial charge in [0.05, 0.1) is 23.2 Å². The number of hydrogen-bond acceptors (Lipinski definition) is 4. The van der Waals surface area contributed by atoms with E-state index < -0.39 is 23.5 Å². The highest BCUT2D eigenvalue weighted by atomic mass is 35.5. The molecule has 1 unspecified atom stereocenters. The molecule has 1 saturated heterocycles. The topological polar surface area (TPSA) is 66.8 Å². The van der Waals surface area contributed by atoms with Crippen LogP contribution in [0.25, 0.3) is 5.76 Å². The molecule has 0 aromatic heterocycles. The molecule has 1 amide bonds. The normalized spacial score (nSPS) is 18.1. The maximum atomic E-state index is 13.5. The number of unbranched alkanes of at least 4 members (excludes halogenated alkanes) is 1. The molecular formula is C23H23ClFNO4.